The van der Waals surface area contributed by atoms with Gasteiger partial charge in [0.2, 0.25) is 0 Å². The second-order valence-corrected chi connectivity index (χ2v) is 3.47. The largest absolute Gasteiger partial charge is 0.480 e. The number of methoxy groups -OCH3 is 1. The van der Waals surface area contributed by atoms with Gasteiger partial charge >= 0.3 is 18.2 Å². The molecular formula is C9H15F3N2O4. The van der Waals surface area contributed by atoms with Crippen LogP contribution >= 0.6 is 0 Å². The Morgan fingerprint density at radius 1 is 1.39 bits per heavy atom. The van der Waals surface area contributed by atoms with Crippen LogP contribution in [-0.2, 0) is 9.53 Å². The Bertz CT molecular complexity index is 283. The highest BCUT2D eigenvalue weighted by atomic mass is 19.4. The predicted molar refractivity (Wildman–Crippen MR) is 55.1 cm³/mol. The van der Waals surface area contributed by atoms with Crippen molar-refractivity contribution in [3.63, 3.8) is 0 Å². The number of hydrogen-bond donors (Lipinski definition) is 3. The lowest BCUT2D eigenvalue weighted by Crippen LogP contribution is -2.48. The molecule has 0 aromatic carbocycles. The van der Waals surface area contributed by atoms with E-state index in [2.05, 4.69) is 0 Å². The molecule has 0 aliphatic rings. The minimum Gasteiger partial charge on any atom is -0.480 e. The molecule has 3 N–H and O–H groups in total. The second-order valence-electron chi connectivity index (χ2n) is 3.47. The Morgan fingerprint density at radius 2 is 2.00 bits per heavy atom. The molecule has 18 heavy (non-hydrogen) atoms. The topological polar surface area (TPSA) is 87.7 Å². The summed E-state index contributed by atoms with van der Waals surface area (Å²) in [7, 11) is 1.43. The van der Waals surface area contributed by atoms with Gasteiger partial charge in [-0.15, -0.1) is 0 Å². The van der Waals surface area contributed by atoms with Gasteiger partial charge in [-0.1, -0.05) is 0 Å². The van der Waals surface area contributed by atoms with Crippen molar-refractivity contribution in [1.82, 2.24) is 10.6 Å². The van der Waals surface area contributed by atoms with Crippen molar-refractivity contribution in [3.8, 4) is 0 Å². The Labute approximate surface area is 101 Å². The fourth-order valence-electron chi connectivity index (χ4n) is 1.08. The van der Waals surface area contributed by atoms with Crippen LogP contribution in [0.4, 0.5) is 18.0 Å². The summed E-state index contributed by atoms with van der Waals surface area (Å²) < 4.78 is 40.1. The summed E-state index contributed by atoms with van der Waals surface area (Å²) in [6, 6.07) is -2.41. The van der Waals surface area contributed by atoms with E-state index in [1.807, 2.05) is 5.32 Å². The van der Waals surface area contributed by atoms with Crippen LogP contribution in [0.15, 0.2) is 0 Å². The van der Waals surface area contributed by atoms with Gasteiger partial charge in [0.05, 0.1) is 0 Å². The lowest BCUT2D eigenvalue weighted by atomic mass is 10.1. The first-order valence-electron chi connectivity index (χ1n) is 5.09. The first kappa shape index (κ1) is 16.5. The van der Waals surface area contributed by atoms with Crippen LogP contribution in [0.3, 0.4) is 0 Å². The molecule has 9 heteroatoms. The molecule has 0 aliphatic heterocycles. The molecule has 0 fully saturated rings. The number of hydrogen-bond acceptors (Lipinski definition) is 3. The number of carbonyl (C=O) groups is 2. The van der Waals surface area contributed by atoms with E-state index in [0.717, 1.165) is 0 Å². The Kier molecular flexibility index (Phi) is 7.10. The maximum atomic E-state index is 11.8. The summed E-state index contributed by atoms with van der Waals surface area (Å²) in [4.78, 5) is 21.7. The number of amides is 2. The van der Waals surface area contributed by atoms with E-state index in [1.54, 1.807) is 0 Å². The van der Waals surface area contributed by atoms with E-state index in [0.29, 0.717) is 13.0 Å². The fraction of sp³-hybridized carbons (Fsp3) is 0.778. The van der Waals surface area contributed by atoms with Gasteiger partial charge in [-0.25, -0.2) is 9.59 Å². The SMILES string of the molecule is COCCCC(NC(=O)NCC(F)(F)F)C(=O)O. The number of carbonyl (C=O) groups excluding carboxylic acids is 1. The Balaban J connectivity index is 4.08. The maximum Gasteiger partial charge on any atom is 0.405 e. The minimum absolute atomic E-state index is 0.0720. The second kappa shape index (κ2) is 7.75. The molecule has 0 aromatic rings. The molecule has 0 radical (unpaired) electrons. The van der Waals surface area contributed by atoms with Crippen molar-refractivity contribution >= 4 is 12.0 Å². The third-order valence-corrected chi connectivity index (χ3v) is 1.89. The van der Waals surface area contributed by atoms with Crippen molar-refractivity contribution in [3.05, 3.63) is 0 Å². The number of nitrogens with one attached hydrogen (secondary N) is 2. The first-order valence-corrected chi connectivity index (χ1v) is 5.09. The van der Waals surface area contributed by atoms with Gasteiger partial charge in [0, 0.05) is 13.7 Å². The summed E-state index contributed by atoms with van der Waals surface area (Å²) in [5.74, 6) is -1.31. The zero-order valence-electron chi connectivity index (χ0n) is 9.71. The number of ether oxygens (including phenoxy) is 1. The van der Waals surface area contributed by atoms with Crippen LogP contribution in [-0.4, -0.2) is 49.6 Å². The van der Waals surface area contributed by atoms with Gasteiger partial charge in [-0.05, 0) is 12.8 Å². The number of carboxylic acid groups (broad SMARTS) is 1. The molecular weight excluding hydrogens is 257 g/mol. The van der Waals surface area contributed by atoms with Gasteiger partial charge in [0.25, 0.3) is 0 Å². The van der Waals surface area contributed by atoms with Gasteiger partial charge in [0.1, 0.15) is 12.6 Å². The molecule has 0 saturated heterocycles. The highest BCUT2D eigenvalue weighted by molar-refractivity contribution is 5.82. The zero-order chi connectivity index (χ0) is 14.2. The van der Waals surface area contributed by atoms with E-state index in [1.165, 1.54) is 12.4 Å². The summed E-state index contributed by atoms with van der Waals surface area (Å²) in [6.45, 7) is -1.21. The lowest BCUT2D eigenvalue weighted by Gasteiger charge is -2.15. The summed E-state index contributed by atoms with van der Waals surface area (Å²) in [5.41, 5.74) is 0. The lowest BCUT2D eigenvalue weighted by molar-refractivity contribution is -0.139. The van der Waals surface area contributed by atoms with Crippen molar-refractivity contribution in [1.29, 1.82) is 0 Å². The monoisotopic (exact) mass is 272 g/mol. The van der Waals surface area contributed by atoms with Crippen LogP contribution < -0.4 is 10.6 Å². The average Bonchev–Trinajstić information content (AvgIpc) is 2.24. The van der Waals surface area contributed by atoms with Crippen LogP contribution in [0.5, 0.6) is 0 Å². The number of carboxylic acids is 1. The van der Waals surface area contributed by atoms with Crippen LogP contribution in [0.25, 0.3) is 0 Å². The molecule has 1 atom stereocenters. The summed E-state index contributed by atoms with van der Waals surface area (Å²) >= 11 is 0. The summed E-state index contributed by atoms with van der Waals surface area (Å²) in [6.07, 6.45) is -4.10. The third-order valence-electron chi connectivity index (χ3n) is 1.89. The van der Waals surface area contributed by atoms with Crippen molar-refractivity contribution in [2.24, 2.45) is 0 Å². The quantitative estimate of drug-likeness (QED) is 0.596. The number of halogens is 3. The molecule has 0 aromatic heterocycles. The van der Waals surface area contributed by atoms with E-state index in [-0.39, 0.29) is 6.42 Å². The van der Waals surface area contributed by atoms with Gasteiger partial charge < -0.3 is 20.5 Å². The van der Waals surface area contributed by atoms with Crippen molar-refractivity contribution in [2.75, 3.05) is 20.3 Å². The molecule has 1 unspecified atom stereocenters. The van der Waals surface area contributed by atoms with Gasteiger partial charge in [0.15, 0.2) is 0 Å². The van der Waals surface area contributed by atoms with Crippen LogP contribution in [0, 0.1) is 0 Å². The Hall–Kier alpha value is -1.51. The molecule has 0 spiro atoms. The molecule has 0 saturated carbocycles. The third kappa shape index (κ3) is 8.62. The first-order chi connectivity index (χ1) is 8.26. The molecule has 0 heterocycles. The standard InChI is InChI=1S/C9H15F3N2O4/c1-18-4-2-3-6(7(15)16)14-8(17)13-5-9(10,11)12/h6H,2-5H2,1H3,(H,15,16)(H2,13,14,17). The molecule has 0 rings (SSSR count). The minimum atomic E-state index is -4.54. The van der Waals surface area contributed by atoms with Crippen molar-refractivity contribution in [2.45, 2.75) is 25.1 Å². The smallest absolute Gasteiger partial charge is 0.405 e. The van der Waals surface area contributed by atoms with Crippen LogP contribution in [0.1, 0.15) is 12.8 Å². The van der Waals surface area contributed by atoms with Crippen LogP contribution in [0.2, 0.25) is 0 Å². The van der Waals surface area contributed by atoms with E-state index < -0.39 is 30.8 Å². The number of urea groups is 1. The zero-order valence-corrected chi connectivity index (χ0v) is 9.71. The highest BCUT2D eigenvalue weighted by Gasteiger charge is 2.28. The number of alkyl halides is 3. The molecule has 0 aliphatic carbocycles. The molecule has 6 nitrogen and oxygen atoms in total. The maximum absolute atomic E-state index is 11.8. The number of rotatable bonds is 7. The fourth-order valence-corrected chi connectivity index (χ4v) is 1.08. The highest BCUT2D eigenvalue weighted by Crippen LogP contribution is 2.12. The number of aliphatic carboxylic acids is 1. The molecule has 106 valence electrons. The van der Waals surface area contributed by atoms with Gasteiger partial charge in [-0.3, -0.25) is 0 Å². The van der Waals surface area contributed by atoms with Crippen molar-refractivity contribution < 1.29 is 32.6 Å². The molecule has 0 bridgehead atoms. The normalized spacial score (nSPS) is 12.9. The summed E-state index contributed by atoms with van der Waals surface area (Å²) in [5, 5.41) is 12.2. The molecule has 2 amide bonds. The van der Waals surface area contributed by atoms with Gasteiger partial charge in [-0.2, -0.15) is 13.2 Å². The Morgan fingerprint density at radius 3 is 2.44 bits per heavy atom. The van der Waals surface area contributed by atoms with E-state index in [4.69, 9.17) is 9.84 Å². The van der Waals surface area contributed by atoms with E-state index >= 15 is 0 Å². The predicted octanol–water partition coefficient (Wildman–Crippen LogP) is 0.728. The van der Waals surface area contributed by atoms with E-state index in [9.17, 15) is 22.8 Å². The average molecular weight is 272 g/mol.